The average Bonchev–Trinajstić information content (AvgIpc) is 3.70. The van der Waals surface area contributed by atoms with Crippen molar-refractivity contribution < 1.29 is 42.1 Å². The van der Waals surface area contributed by atoms with Crippen molar-refractivity contribution in [2.75, 3.05) is 47.5 Å². The molecule has 0 aromatic rings. The first-order valence-electron chi connectivity index (χ1n) is 37.3. The fraction of sp³-hybridized carbons (Fsp3) is 0.868. The van der Waals surface area contributed by atoms with Crippen molar-refractivity contribution in [3.8, 4) is 0 Å². The molecular weight excluding hydrogens is 1090 g/mol. The van der Waals surface area contributed by atoms with Crippen molar-refractivity contribution in [1.29, 1.82) is 0 Å². The first-order valence-corrected chi connectivity index (χ1v) is 38.8. The molecule has 0 aliphatic heterocycles. The molecule has 0 bridgehead atoms. The van der Waals surface area contributed by atoms with Crippen molar-refractivity contribution in [3.05, 3.63) is 48.6 Å². The summed E-state index contributed by atoms with van der Waals surface area (Å²) in [7, 11) is 1.18. The van der Waals surface area contributed by atoms with Crippen LogP contribution in [0.15, 0.2) is 48.6 Å². The Morgan fingerprint density at radius 1 is 0.372 bits per heavy atom. The van der Waals surface area contributed by atoms with E-state index in [0.717, 1.165) is 64.2 Å². The van der Waals surface area contributed by atoms with E-state index in [0.29, 0.717) is 17.4 Å². The number of hydrogen-bond acceptors (Lipinski definition) is 8. The van der Waals surface area contributed by atoms with Gasteiger partial charge in [0.25, 0.3) is 7.82 Å². The van der Waals surface area contributed by atoms with Gasteiger partial charge in [0.05, 0.1) is 27.7 Å². The zero-order valence-electron chi connectivity index (χ0n) is 57.8. The maximum atomic E-state index is 12.9. The van der Waals surface area contributed by atoms with Gasteiger partial charge in [0, 0.05) is 12.8 Å². The van der Waals surface area contributed by atoms with Crippen molar-refractivity contribution in [2.45, 2.75) is 380 Å². The number of carbonyl (C=O) groups excluding carboxylic acids is 2. The SMILES string of the molecule is CC/C=C\C/C=C\C/C=C\C/C=C\CCCCCCCCCCCCCCC(=O)OC(COC(=O)CCCCCCCCCCCCCCCCCCCCCCCCCCCCCCCCCCCCCCC)COP(=O)([O-])OCC[N+](C)(C)C. The molecule has 10 heteroatoms. The van der Waals surface area contributed by atoms with E-state index in [1.165, 1.54) is 276 Å². The van der Waals surface area contributed by atoms with Crippen molar-refractivity contribution >= 4 is 19.8 Å². The second-order valence-corrected chi connectivity index (χ2v) is 28.1. The van der Waals surface area contributed by atoms with Crippen LogP contribution in [-0.4, -0.2) is 70.0 Å². The Labute approximate surface area is 534 Å². The maximum Gasteiger partial charge on any atom is 0.306 e. The lowest BCUT2D eigenvalue weighted by Gasteiger charge is -2.28. The third kappa shape index (κ3) is 71.1. The third-order valence-corrected chi connectivity index (χ3v) is 17.8. The van der Waals surface area contributed by atoms with Crippen LogP contribution in [-0.2, 0) is 32.7 Å². The lowest BCUT2D eigenvalue weighted by atomic mass is 10.0. The molecule has 0 aromatic heterocycles. The fourth-order valence-corrected chi connectivity index (χ4v) is 11.9. The Balaban J connectivity index is 3.92. The van der Waals surface area contributed by atoms with Gasteiger partial charge in [0.1, 0.15) is 19.8 Å². The summed E-state index contributed by atoms with van der Waals surface area (Å²) in [5.41, 5.74) is 0. The molecule has 0 N–H and O–H groups in total. The molecule has 506 valence electrons. The van der Waals surface area contributed by atoms with E-state index < -0.39 is 26.5 Å². The second-order valence-electron chi connectivity index (χ2n) is 26.6. The van der Waals surface area contributed by atoms with E-state index in [1.807, 2.05) is 21.1 Å². The lowest BCUT2D eigenvalue weighted by molar-refractivity contribution is -0.870. The first kappa shape index (κ1) is 84.0. The molecule has 0 fully saturated rings. The van der Waals surface area contributed by atoms with Gasteiger partial charge in [-0.2, -0.15) is 0 Å². The van der Waals surface area contributed by atoms with Crippen LogP contribution in [0, 0.1) is 0 Å². The van der Waals surface area contributed by atoms with Gasteiger partial charge in [-0.05, 0) is 51.4 Å². The highest BCUT2D eigenvalue weighted by Crippen LogP contribution is 2.38. The third-order valence-electron chi connectivity index (χ3n) is 16.9. The van der Waals surface area contributed by atoms with Crippen molar-refractivity contribution in [1.82, 2.24) is 0 Å². The minimum absolute atomic E-state index is 0.0301. The second kappa shape index (κ2) is 67.4. The van der Waals surface area contributed by atoms with Crippen molar-refractivity contribution in [2.24, 2.45) is 0 Å². The van der Waals surface area contributed by atoms with E-state index in [4.69, 9.17) is 18.5 Å². The highest BCUT2D eigenvalue weighted by molar-refractivity contribution is 7.45. The van der Waals surface area contributed by atoms with Gasteiger partial charge in [-0.1, -0.05) is 358 Å². The molecule has 2 unspecified atom stereocenters. The number of unbranched alkanes of at least 4 members (excludes halogenated alkanes) is 48. The minimum atomic E-state index is -4.64. The standard InChI is InChI=1S/C76H144NO8P/c1-6-8-10-12-14-16-18-20-22-24-26-28-30-32-33-34-35-36-37-38-39-40-41-42-43-45-46-48-50-52-54-56-58-60-62-64-66-68-75(78)82-72-74(73-84-86(80,81)83-71-70-77(3,4)5)85-76(79)69-67-65-63-61-59-57-55-53-51-49-47-44-31-29-27-25-23-21-19-17-15-13-11-9-7-2/h9,11,15,17,21,23,27,29,74H,6-8,10,12-14,16,18-20,22,24-26,28,30-73H2,1-5H3/b11-9-,17-15-,23-21-,29-27-. The highest BCUT2D eigenvalue weighted by atomic mass is 31.2. The predicted octanol–water partition coefficient (Wildman–Crippen LogP) is 23.8. The van der Waals surface area contributed by atoms with Gasteiger partial charge in [-0.15, -0.1) is 0 Å². The quantitative estimate of drug-likeness (QED) is 0.0195. The molecule has 0 amide bonds. The number of allylic oxidation sites excluding steroid dienone is 8. The molecule has 0 aromatic carbocycles. The van der Waals surface area contributed by atoms with Gasteiger partial charge < -0.3 is 27.9 Å². The van der Waals surface area contributed by atoms with Gasteiger partial charge >= 0.3 is 11.9 Å². The largest absolute Gasteiger partial charge is 0.756 e. The Morgan fingerprint density at radius 3 is 0.988 bits per heavy atom. The Hall–Kier alpha value is -2.03. The van der Waals surface area contributed by atoms with E-state index >= 15 is 0 Å². The zero-order valence-corrected chi connectivity index (χ0v) is 58.7. The lowest BCUT2D eigenvalue weighted by Crippen LogP contribution is -2.37. The summed E-state index contributed by atoms with van der Waals surface area (Å²) in [6.07, 6.45) is 88.0. The van der Waals surface area contributed by atoms with Crippen LogP contribution in [0.5, 0.6) is 0 Å². The molecule has 0 saturated heterocycles. The first-order chi connectivity index (χ1) is 42.0. The van der Waals surface area contributed by atoms with Crippen LogP contribution in [0.25, 0.3) is 0 Å². The summed E-state index contributed by atoms with van der Waals surface area (Å²) in [4.78, 5) is 38.1. The molecule has 86 heavy (non-hydrogen) atoms. The summed E-state index contributed by atoms with van der Waals surface area (Å²) in [5.74, 6) is -0.818. The van der Waals surface area contributed by atoms with Crippen molar-refractivity contribution in [3.63, 3.8) is 0 Å². The van der Waals surface area contributed by atoms with Crippen LogP contribution >= 0.6 is 7.82 Å². The van der Waals surface area contributed by atoms with E-state index in [-0.39, 0.29) is 32.0 Å². The number of phosphoric ester groups is 1. The van der Waals surface area contributed by atoms with Gasteiger partial charge in [-0.3, -0.25) is 14.2 Å². The minimum Gasteiger partial charge on any atom is -0.756 e. The van der Waals surface area contributed by atoms with E-state index in [2.05, 4.69) is 62.5 Å². The number of esters is 2. The number of ether oxygens (including phenoxy) is 2. The van der Waals surface area contributed by atoms with Crippen LogP contribution < -0.4 is 4.89 Å². The Kier molecular flexibility index (Phi) is 65.8. The number of phosphoric acid groups is 1. The zero-order chi connectivity index (χ0) is 62.6. The molecule has 0 rings (SSSR count). The molecule has 0 radical (unpaired) electrons. The molecular formula is C76H144NO8P. The molecule has 0 aliphatic carbocycles. The summed E-state index contributed by atoms with van der Waals surface area (Å²) in [5, 5.41) is 0. The van der Waals surface area contributed by atoms with Crippen LogP contribution in [0.1, 0.15) is 373 Å². The molecule has 0 heterocycles. The topological polar surface area (TPSA) is 111 Å². The summed E-state index contributed by atoms with van der Waals surface area (Å²) >= 11 is 0. The number of hydrogen-bond donors (Lipinski definition) is 0. The van der Waals surface area contributed by atoms with Crippen LogP contribution in [0.4, 0.5) is 0 Å². The number of likely N-dealkylation sites (N-methyl/N-ethyl adjacent to an activating group) is 1. The smallest absolute Gasteiger partial charge is 0.306 e. The predicted molar refractivity (Wildman–Crippen MR) is 370 cm³/mol. The Morgan fingerprint density at radius 2 is 0.663 bits per heavy atom. The number of rotatable bonds is 70. The van der Waals surface area contributed by atoms with E-state index in [1.54, 1.807) is 0 Å². The number of nitrogens with zero attached hydrogens (tertiary/aromatic N) is 1. The van der Waals surface area contributed by atoms with Gasteiger partial charge in [-0.25, -0.2) is 0 Å². The monoisotopic (exact) mass is 1230 g/mol. The summed E-state index contributed by atoms with van der Waals surface area (Å²) in [6.45, 7) is 4.19. The number of quaternary nitrogens is 1. The average molecular weight is 1230 g/mol. The normalized spacial score (nSPS) is 13.3. The van der Waals surface area contributed by atoms with Crippen LogP contribution in [0.2, 0.25) is 0 Å². The molecule has 2 atom stereocenters. The molecule has 0 aliphatic rings. The fourth-order valence-electron chi connectivity index (χ4n) is 11.2. The summed E-state index contributed by atoms with van der Waals surface area (Å²) in [6, 6.07) is 0. The number of carbonyl (C=O) groups is 2. The maximum absolute atomic E-state index is 12.9. The van der Waals surface area contributed by atoms with Crippen LogP contribution in [0.3, 0.4) is 0 Å². The van der Waals surface area contributed by atoms with Gasteiger partial charge in [0.15, 0.2) is 6.10 Å². The van der Waals surface area contributed by atoms with E-state index in [9.17, 15) is 19.0 Å². The molecule has 9 nitrogen and oxygen atoms in total. The van der Waals surface area contributed by atoms with Gasteiger partial charge in [0.2, 0.25) is 0 Å². The Bertz CT molecular complexity index is 1590. The molecule has 0 saturated carbocycles. The summed E-state index contributed by atoms with van der Waals surface area (Å²) < 4.78 is 34.4. The molecule has 0 spiro atoms. The highest BCUT2D eigenvalue weighted by Gasteiger charge is 2.22.